The summed E-state index contributed by atoms with van der Waals surface area (Å²) in [5.41, 5.74) is 6.85. The minimum absolute atomic E-state index is 0.335. The fourth-order valence-corrected chi connectivity index (χ4v) is 2.24. The molecule has 1 aliphatic heterocycles. The number of benzene rings is 1. The molecular formula is C17H27BN2O3. The van der Waals surface area contributed by atoms with Gasteiger partial charge in [0.1, 0.15) is 12.4 Å². The molecule has 0 aliphatic carbocycles. The van der Waals surface area contributed by atoms with Crippen LogP contribution in [0.15, 0.2) is 36.2 Å². The maximum Gasteiger partial charge on any atom is 0.494 e. The zero-order valence-electron chi connectivity index (χ0n) is 14.9. The van der Waals surface area contributed by atoms with Crippen molar-refractivity contribution in [3.8, 4) is 5.75 Å². The molecule has 1 saturated heterocycles. The summed E-state index contributed by atoms with van der Waals surface area (Å²) in [6.45, 7) is 8.54. The molecule has 23 heavy (non-hydrogen) atoms. The Morgan fingerprint density at radius 1 is 1.13 bits per heavy atom. The zero-order chi connectivity index (χ0) is 17.3. The first-order chi connectivity index (χ1) is 10.6. The maximum absolute atomic E-state index is 6.03. The lowest BCUT2D eigenvalue weighted by Crippen LogP contribution is -2.41. The van der Waals surface area contributed by atoms with Gasteiger partial charge in [0.2, 0.25) is 0 Å². The van der Waals surface area contributed by atoms with Crippen LogP contribution >= 0.6 is 0 Å². The van der Waals surface area contributed by atoms with Gasteiger partial charge in [-0.2, -0.15) is 0 Å². The number of ether oxygens (including phenoxy) is 1. The highest BCUT2D eigenvalue weighted by Gasteiger charge is 2.51. The summed E-state index contributed by atoms with van der Waals surface area (Å²) >= 11 is 0. The molecule has 0 aromatic heterocycles. The van der Waals surface area contributed by atoms with Crippen LogP contribution < -0.4 is 15.9 Å². The Bertz CT molecular complexity index is 552. The van der Waals surface area contributed by atoms with E-state index >= 15 is 0 Å². The molecule has 0 radical (unpaired) electrons. The molecule has 0 spiro atoms. The summed E-state index contributed by atoms with van der Waals surface area (Å²) in [5.74, 6) is 0.764. The van der Waals surface area contributed by atoms with Crippen molar-refractivity contribution >= 4 is 12.6 Å². The lowest BCUT2D eigenvalue weighted by Gasteiger charge is -2.32. The molecule has 1 aromatic carbocycles. The van der Waals surface area contributed by atoms with Crippen molar-refractivity contribution < 1.29 is 14.0 Å². The summed E-state index contributed by atoms with van der Waals surface area (Å²) in [5, 5.41) is 0. The first kappa shape index (κ1) is 17.7. The smallest absolute Gasteiger partial charge is 0.487 e. The highest BCUT2D eigenvalue weighted by Crippen LogP contribution is 2.36. The predicted octanol–water partition coefficient (Wildman–Crippen LogP) is 1.73. The minimum Gasteiger partial charge on any atom is -0.487 e. The van der Waals surface area contributed by atoms with Gasteiger partial charge in [-0.05, 0) is 45.3 Å². The Morgan fingerprint density at radius 3 is 2.13 bits per heavy atom. The van der Waals surface area contributed by atoms with Gasteiger partial charge in [-0.3, -0.25) is 0 Å². The normalized spacial score (nSPS) is 19.7. The molecule has 0 amide bonds. The van der Waals surface area contributed by atoms with E-state index in [1.165, 1.54) is 0 Å². The van der Waals surface area contributed by atoms with Crippen molar-refractivity contribution in [3.05, 3.63) is 36.2 Å². The van der Waals surface area contributed by atoms with E-state index in [4.69, 9.17) is 19.8 Å². The second-order valence-corrected chi connectivity index (χ2v) is 7.11. The van der Waals surface area contributed by atoms with E-state index < -0.39 is 0 Å². The molecule has 2 rings (SSSR count). The third kappa shape index (κ3) is 4.21. The fraction of sp³-hybridized carbons (Fsp3) is 0.529. The van der Waals surface area contributed by atoms with E-state index in [0.29, 0.717) is 12.3 Å². The highest BCUT2D eigenvalue weighted by atomic mass is 16.7. The van der Waals surface area contributed by atoms with E-state index in [0.717, 1.165) is 11.2 Å². The van der Waals surface area contributed by atoms with E-state index in [-0.39, 0.29) is 18.3 Å². The van der Waals surface area contributed by atoms with Gasteiger partial charge in [-0.15, -0.1) is 0 Å². The van der Waals surface area contributed by atoms with Crippen LogP contribution in [0.4, 0.5) is 0 Å². The molecule has 0 saturated carbocycles. The van der Waals surface area contributed by atoms with Crippen molar-refractivity contribution in [2.45, 2.75) is 38.9 Å². The van der Waals surface area contributed by atoms with Crippen LogP contribution in [-0.2, 0) is 9.31 Å². The van der Waals surface area contributed by atoms with Crippen molar-refractivity contribution in [2.24, 2.45) is 5.73 Å². The number of nitrogens with two attached hydrogens (primary N) is 1. The number of hydrogen-bond acceptors (Lipinski definition) is 5. The SMILES string of the molecule is CN(C)/C=C(\N)COc1ccc(B2OC(C)(C)C(C)(C)O2)cc1. The Morgan fingerprint density at radius 2 is 1.65 bits per heavy atom. The van der Waals surface area contributed by atoms with Gasteiger partial charge >= 0.3 is 7.12 Å². The van der Waals surface area contributed by atoms with Gasteiger partial charge in [0.05, 0.1) is 16.9 Å². The third-order valence-electron chi connectivity index (χ3n) is 4.24. The monoisotopic (exact) mass is 318 g/mol. The van der Waals surface area contributed by atoms with Crippen LogP contribution in [0.5, 0.6) is 5.75 Å². The lowest BCUT2D eigenvalue weighted by molar-refractivity contribution is 0.00578. The largest absolute Gasteiger partial charge is 0.494 e. The Balaban J connectivity index is 1.98. The quantitative estimate of drug-likeness (QED) is 0.838. The second kappa shape index (κ2) is 6.45. The van der Waals surface area contributed by atoms with Crippen LogP contribution in [0, 0.1) is 0 Å². The molecule has 1 aromatic rings. The maximum atomic E-state index is 6.03. The second-order valence-electron chi connectivity index (χ2n) is 7.11. The van der Waals surface area contributed by atoms with Crippen LogP contribution in [0.2, 0.25) is 0 Å². The Kier molecular flexibility index (Phi) is 4.97. The summed E-state index contributed by atoms with van der Waals surface area (Å²) in [4.78, 5) is 1.89. The molecule has 1 fully saturated rings. The first-order valence-electron chi connectivity index (χ1n) is 7.82. The van der Waals surface area contributed by atoms with Gasteiger partial charge in [-0.1, -0.05) is 12.1 Å². The Hall–Kier alpha value is -1.66. The van der Waals surface area contributed by atoms with Gasteiger partial charge in [-0.25, -0.2) is 0 Å². The van der Waals surface area contributed by atoms with Crippen molar-refractivity contribution in [1.82, 2.24) is 4.90 Å². The van der Waals surface area contributed by atoms with Crippen LogP contribution in [0.25, 0.3) is 0 Å². The summed E-state index contributed by atoms with van der Waals surface area (Å²) in [7, 11) is 3.49. The first-order valence-corrected chi connectivity index (χ1v) is 7.82. The molecule has 0 bridgehead atoms. The fourth-order valence-electron chi connectivity index (χ4n) is 2.24. The van der Waals surface area contributed by atoms with E-state index in [2.05, 4.69) is 0 Å². The lowest BCUT2D eigenvalue weighted by atomic mass is 9.79. The minimum atomic E-state index is -0.354. The van der Waals surface area contributed by atoms with E-state index in [9.17, 15) is 0 Å². The topological polar surface area (TPSA) is 57.0 Å². The summed E-state index contributed by atoms with van der Waals surface area (Å²) in [6.07, 6.45) is 1.83. The number of rotatable bonds is 5. The van der Waals surface area contributed by atoms with Crippen molar-refractivity contribution in [3.63, 3.8) is 0 Å². The summed E-state index contributed by atoms with van der Waals surface area (Å²) < 4.78 is 17.7. The molecule has 1 heterocycles. The van der Waals surface area contributed by atoms with Crippen molar-refractivity contribution in [1.29, 1.82) is 0 Å². The van der Waals surface area contributed by atoms with E-state index in [1.54, 1.807) is 0 Å². The molecule has 5 nitrogen and oxygen atoms in total. The molecule has 0 atom stereocenters. The van der Waals surface area contributed by atoms with Gasteiger partial charge in [0.25, 0.3) is 0 Å². The molecule has 126 valence electrons. The van der Waals surface area contributed by atoms with Crippen LogP contribution in [-0.4, -0.2) is 43.9 Å². The molecule has 6 heteroatoms. The molecule has 1 aliphatic rings. The molecule has 2 N–H and O–H groups in total. The average Bonchev–Trinajstić information content (AvgIpc) is 2.65. The summed E-state index contributed by atoms with van der Waals surface area (Å²) in [6, 6.07) is 7.74. The molecule has 0 unspecified atom stereocenters. The number of hydrogen-bond donors (Lipinski definition) is 1. The van der Waals surface area contributed by atoms with Crippen LogP contribution in [0.1, 0.15) is 27.7 Å². The average molecular weight is 318 g/mol. The predicted molar refractivity (Wildman–Crippen MR) is 93.6 cm³/mol. The molecular weight excluding hydrogens is 291 g/mol. The Labute approximate surface area is 139 Å². The van der Waals surface area contributed by atoms with Gasteiger partial charge in [0.15, 0.2) is 0 Å². The van der Waals surface area contributed by atoms with Gasteiger partial charge in [0, 0.05) is 20.3 Å². The number of nitrogens with zero attached hydrogens (tertiary/aromatic N) is 1. The zero-order valence-corrected chi connectivity index (χ0v) is 14.9. The standard InChI is InChI=1S/C17H27BN2O3/c1-16(2)17(3,4)23-18(22-16)13-7-9-15(10-8-13)21-12-14(19)11-20(5)6/h7-11H,12,19H2,1-6H3/b14-11-. The van der Waals surface area contributed by atoms with E-state index in [1.807, 2.05) is 77.2 Å². The third-order valence-corrected chi connectivity index (χ3v) is 4.24. The highest BCUT2D eigenvalue weighted by molar-refractivity contribution is 6.62. The van der Waals surface area contributed by atoms with Crippen molar-refractivity contribution in [2.75, 3.05) is 20.7 Å². The van der Waals surface area contributed by atoms with Gasteiger partial charge < -0.3 is 24.7 Å². The van der Waals surface area contributed by atoms with Crippen LogP contribution in [0.3, 0.4) is 0 Å².